The van der Waals surface area contributed by atoms with E-state index in [0.29, 0.717) is 29.7 Å². The fourth-order valence-corrected chi connectivity index (χ4v) is 1.99. The minimum absolute atomic E-state index is 0.178. The molecule has 1 aliphatic heterocycles. The predicted molar refractivity (Wildman–Crippen MR) is 59.2 cm³/mol. The van der Waals surface area contributed by atoms with Gasteiger partial charge in [0.25, 0.3) is 0 Å². The number of nitriles is 1. The van der Waals surface area contributed by atoms with Crippen molar-refractivity contribution in [1.82, 2.24) is 0 Å². The van der Waals surface area contributed by atoms with E-state index in [1.165, 1.54) is 0 Å². The molecule has 0 N–H and O–H groups in total. The first kappa shape index (κ1) is 10.8. The Hall–Kier alpha value is -0.750. The Morgan fingerprint density at radius 2 is 2.07 bits per heavy atom. The van der Waals surface area contributed by atoms with E-state index in [2.05, 4.69) is 6.07 Å². The van der Waals surface area contributed by atoms with Gasteiger partial charge in [0.2, 0.25) is 0 Å². The highest BCUT2D eigenvalue weighted by Crippen LogP contribution is 2.37. The summed E-state index contributed by atoms with van der Waals surface area (Å²) >= 11 is 11.8. The van der Waals surface area contributed by atoms with Gasteiger partial charge in [0.05, 0.1) is 34.7 Å². The fraction of sp³-hybridized carbons (Fsp3) is 0.364. The Bertz CT molecular complexity index is 421. The molecule has 1 heterocycles. The van der Waals surface area contributed by atoms with Crippen molar-refractivity contribution in [3.8, 4) is 6.07 Å². The maximum absolute atomic E-state index is 8.79. The van der Waals surface area contributed by atoms with Crippen LogP contribution in [0.25, 0.3) is 0 Å². The minimum Gasteiger partial charge on any atom is -0.379 e. The fourth-order valence-electron chi connectivity index (χ4n) is 1.70. The lowest BCUT2D eigenvalue weighted by atomic mass is 9.76. The normalized spacial score (nSPS) is 17.9. The van der Waals surface area contributed by atoms with Crippen LogP contribution in [0.3, 0.4) is 0 Å². The summed E-state index contributed by atoms with van der Waals surface area (Å²) in [6.45, 7) is 1.16. The summed E-state index contributed by atoms with van der Waals surface area (Å²) in [4.78, 5) is 0. The first-order chi connectivity index (χ1) is 7.18. The molecule has 0 amide bonds. The molecule has 15 heavy (non-hydrogen) atoms. The van der Waals surface area contributed by atoms with E-state index in [-0.39, 0.29) is 5.41 Å². The quantitative estimate of drug-likeness (QED) is 0.797. The lowest BCUT2D eigenvalue weighted by molar-refractivity contribution is -0.0577. The highest BCUT2D eigenvalue weighted by Gasteiger charge is 2.40. The number of nitrogens with zero attached hydrogens (tertiary/aromatic N) is 1. The zero-order valence-electron chi connectivity index (χ0n) is 7.96. The number of halogens is 2. The molecule has 1 aliphatic rings. The van der Waals surface area contributed by atoms with Crippen molar-refractivity contribution >= 4 is 23.2 Å². The van der Waals surface area contributed by atoms with E-state index in [1.54, 1.807) is 6.07 Å². The highest BCUT2D eigenvalue weighted by atomic mass is 35.5. The maximum atomic E-state index is 8.79. The van der Waals surface area contributed by atoms with Crippen molar-refractivity contribution in [2.24, 2.45) is 0 Å². The van der Waals surface area contributed by atoms with Crippen LogP contribution in [-0.4, -0.2) is 13.2 Å². The van der Waals surface area contributed by atoms with E-state index in [0.717, 1.165) is 5.56 Å². The van der Waals surface area contributed by atoms with Crippen molar-refractivity contribution in [2.75, 3.05) is 13.2 Å². The van der Waals surface area contributed by atoms with Crippen molar-refractivity contribution in [3.05, 3.63) is 33.8 Å². The largest absolute Gasteiger partial charge is 0.379 e. The van der Waals surface area contributed by atoms with Crippen LogP contribution < -0.4 is 0 Å². The molecule has 1 saturated heterocycles. The summed E-state index contributed by atoms with van der Waals surface area (Å²) < 4.78 is 5.19. The van der Waals surface area contributed by atoms with Crippen molar-refractivity contribution < 1.29 is 4.74 Å². The van der Waals surface area contributed by atoms with Gasteiger partial charge < -0.3 is 4.74 Å². The van der Waals surface area contributed by atoms with Gasteiger partial charge in [-0.1, -0.05) is 29.3 Å². The first-order valence-corrected chi connectivity index (χ1v) is 5.34. The molecular formula is C11H9Cl2NO. The van der Waals surface area contributed by atoms with Crippen LogP contribution in [0, 0.1) is 11.3 Å². The Kier molecular flexibility index (Phi) is 2.88. The molecule has 2 nitrogen and oxygen atoms in total. The van der Waals surface area contributed by atoms with E-state index in [4.69, 9.17) is 33.2 Å². The lowest BCUT2D eigenvalue weighted by Gasteiger charge is -2.40. The average Bonchev–Trinajstić information content (AvgIpc) is 2.16. The summed E-state index contributed by atoms with van der Waals surface area (Å²) in [6, 6.07) is 7.68. The number of hydrogen-bond donors (Lipinski definition) is 0. The molecule has 4 heteroatoms. The third kappa shape index (κ3) is 1.83. The van der Waals surface area contributed by atoms with Gasteiger partial charge in [-0.25, -0.2) is 0 Å². The number of benzene rings is 1. The van der Waals surface area contributed by atoms with E-state index in [9.17, 15) is 0 Å². The van der Waals surface area contributed by atoms with Crippen LogP contribution in [0.15, 0.2) is 18.2 Å². The molecular weight excluding hydrogens is 233 g/mol. The molecule has 0 aromatic heterocycles. The lowest BCUT2D eigenvalue weighted by Crippen LogP contribution is -2.46. The number of hydrogen-bond acceptors (Lipinski definition) is 2. The predicted octanol–water partition coefficient (Wildman–Crippen LogP) is 3.18. The van der Waals surface area contributed by atoms with Gasteiger partial charge in [-0.05, 0) is 17.7 Å². The molecule has 2 rings (SSSR count). The molecule has 0 aliphatic carbocycles. The zero-order chi connectivity index (χ0) is 10.9. The second kappa shape index (κ2) is 4.02. The molecule has 1 aromatic rings. The van der Waals surface area contributed by atoms with Crippen molar-refractivity contribution in [1.29, 1.82) is 5.26 Å². The van der Waals surface area contributed by atoms with Gasteiger partial charge in [0, 0.05) is 6.42 Å². The van der Waals surface area contributed by atoms with Crippen molar-refractivity contribution in [3.63, 3.8) is 0 Å². The third-order valence-electron chi connectivity index (χ3n) is 2.71. The highest BCUT2D eigenvalue weighted by molar-refractivity contribution is 6.42. The summed E-state index contributed by atoms with van der Waals surface area (Å²) in [5.41, 5.74) is 0.855. The molecule has 0 radical (unpaired) electrons. The SMILES string of the molecule is N#CCC1(c2ccc(Cl)c(Cl)c2)COC1. The molecule has 0 unspecified atom stereocenters. The topological polar surface area (TPSA) is 33.0 Å². The molecule has 0 bridgehead atoms. The molecule has 1 aromatic carbocycles. The standard InChI is InChI=1S/C11H9Cl2NO/c12-9-2-1-8(5-10(9)13)11(3-4-14)6-15-7-11/h1-2,5H,3,6-7H2. The van der Waals surface area contributed by atoms with Crippen LogP contribution in [0.4, 0.5) is 0 Å². The van der Waals surface area contributed by atoms with Gasteiger partial charge in [-0.15, -0.1) is 0 Å². The molecule has 1 fully saturated rings. The second-order valence-electron chi connectivity index (χ2n) is 3.74. The minimum atomic E-state index is -0.178. The maximum Gasteiger partial charge on any atom is 0.0632 e. The van der Waals surface area contributed by atoms with E-state index in [1.807, 2.05) is 12.1 Å². The van der Waals surface area contributed by atoms with E-state index < -0.39 is 0 Å². The van der Waals surface area contributed by atoms with Gasteiger partial charge in [-0.2, -0.15) is 5.26 Å². The molecule has 0 saturated carbocycles. The van der Waals surface area contributed by atoms with Crippen LogP contribution in [-0.2, 0) is 10.2 Å². The van der Waals surface area contributed by atoms with Gasteiger partial charge >= 0.3 is 0 Å². The van der Waals surface area contributed by atoms with Crippen molar-refractivity contribution in [2.45, 2.75) is 11.8 Å². The van der Waals surface area contributed by atoms with Crippen LogP contribution in [0.2, 0.25) is 10.0 Å². The van der Waals surface area contributed by atoms with E-state index >= 15 is 0 Å². The Balaban J connectivity index is 2.36. The Morgan fingerprint density at radius 3 is 2.53 bits per heavy atom. The zero-order valence-corrected chi connectivity index (χ0v) is 9.48. The molecule has 78 valence electrons. The second-order valence-corrected chi connectivity index (χ2v) is 4.55. The summed E-state index contributed by atoms with van der Waals surface area (Å²) in [6.07, 6.45) is 0.449. The summed E-state index contributed by atoms with van der Waals surface area (Å²) in [5.74, 6) is 0. The van der Waals surface area contributed by atoms with Crippen LogP contribution in [0.1, 0.15) is 12.0 Å². The van der Waals surface area contributed by atoms with Gasteiger partial charge in [-0.3, -0.25) is 0 Å². The smallest absolute Gasteiger partial charge is 0.0632 e. The average molecular weight is 242 g/mol. The Labute approximate surface area is 98.4 Å². The Morgan fingerprint density at radius 1 is 1.33 bits per heavy atom. The monoisotopic (exact) mass is 241 g/mol. The molecule has 0 spiro atoms. The first-order valence-electron chi connectivity index (χ1n) is 4.58. The summed E-state index contributed by atoms with van der Waals surface area (Å²) in [7, 11) is 0. The van der Waals surface area contributed by atoms with Crippen LogP contribution in [0.5, 0.6) is 0 Å². The summed E-state index contributed by atoms with van der Waals surface area (Å²) in [5, 5.41) is 9.85. The molecule has 0 atom stereocenters. The third-order valence-corrected chi connectivity index (χ3v) is 3.45. The van der Waals surface area contributed by atoms with Gasteiger partial charge in [0.1, 0.15) is 0 Å². The van der Waals surface area contributed by atoms with Gasteiger partial charge in [0.15, 0.2) is 0 Å². The number of ether oxygens (including phenoxy) is 1. The van der Waals surface area contributed by atoms with Crippen LogP contribution >= 0.6 is 23.2 Å². The number of rotatable bonds is 2.